The molecule has 0 aliphatic heterocycles. The van der Waals surface area contributed by atoms with Crippen LogP contribution in [0.4, 0.5) is 0 Å². The lowest BCUT2D eigenvalue weighted by Crippen LogP contribution is -2.48. The second-order valence-electron chi connectivity index (χ2n) is 5.03. The highest BCUT2D eigenvalue weighted by atomic mass is 14.8. The Bertz CT molecular complexity index is 158. The van der Waals surface area contributed by atoms with Crippen LogP contribution in [-0.4, -0.2) is 11.6 Å². The largest absolute Gasteiger partial charge is 0.328 e. The Morgan fingerprint density at radius 2 is 2.07 bits per heavy atom. The molecule has 84 valence electrons. The van der Waals surface area contributed by atoms with Gasteiger partial charge < -0.3 is 11.5 Å². The van der Waals surface area contributed by atoms with Crippen LogP contribution in [0.2, 0.25) is 0 Å². The van der Waals surface area contributed by atoms with E-state index in [1.165, 1.54) is 51.4 Å². The van der Waals surface area contributed by atoms with Crippen LogP contribution in [0.25, 0.3) is 0 Å². The van der Waals surface area contributed by atoms with Gasteiger partial charge in [0.25, 0.3) is 0 Å². The smallest absolute Gasteiger partial charge is 0.0169 e. The van der Waals surface area contributed by atoms with Gasteiger partial charge in [0, 0.05) is 11.6 Å². The van der Waals surface area contributed by atoms with Crippen molar-refractivity contribution in [3.8, 4) is 0 Å². The molecule has 0 aromatic carbocycles. The average molecular weight is 198 g/mol. The van der Waals surface area contributed by atoms with Crippen molar-refractivity contribution in [1.29, 1.82) is 0 Å². The summed E-state index contributed by atoms with van der Waals surface area (Å²) in [6, 6.07) is 0.361. The molecule has 1 aliphatic carbocycles. The molecule has 2 nitrogen and oxygen atoms in total. The Labute approximate surface area is 88.4 Å². The van der Waals surface area contributed by atoms with Crippen molar-refractivity contribution in [1.82, 2.24) is 0 Å². The highest BCUT2D eigenvalue weighted by Gasteiger charge is 2.30. The zero-order valence-electron chi connectivity index (χ0n) is 9.60. The van der Waals surface area contributed by atoms with Crippen LogP contribution in [0.15, 0.2) is 0 Å². The molecule has 1 aliphatic rings. The maximum atomic E-state index is 6.35. The first-order chi connectivity index (χ1) is 6.66. The zero-order chi connectivity index (χ0) is 10.4. The summed E-state index contributed by atoms with van der Waals surface area (Å²) in [5, 5.41) is 0. The van der Waals surface area contributed by atoms with Gasteiger partial charge in [0.05, 0.1) is 0 Å². The molecule has 2 heteroatoms. The van der Waals surface area contributed by atoms with E-state index in [2.05, 4.69) is 6.92 Å². The molecule has 0 heterocycles. The first-order valence-corrected chi connectivity index (χ1v) is 6.21. The predicted octanol–water partition coefficient (Wildman–Crippen LogP) is 2.56. The van der Waals surface area contributed by atoms with Gasteiger partial charge >= 0.3 is 0 Å². The van der Waals surface area contributed by atoms with Crippen LogP contribution in [0, 0.1) is 0 Å². The second-order valence-corrected chi connectivity index (χ2v) is 5.03. The SMILES string of the molecule is CCCCCCC1(N)CCCC(N)C1. The van der Waals surface area contributed by atoms with E-state index in [4.69, 9.17) is 11.5 Å². The summed E-state index contributed by atoms with van der Waals surface area (Å²) >= 11 is 0. The Morgan fingerprint density at radius 1 is 1.29 bits per heavy atom. The summed E-state index contributed by atoms with van der Waals surface area (Å²) in [7, 11) is 0. The highest BCUT2D eigenvalue weighted by molar-refractivity contribution is 4.91. The van der Waals surface area contributed by atoms with Gasteiger partial charge in [-0.15, -0.1) is 0 Å². The van der Waals surface area contributed by atoms with Crippen LogP contribution in [0.3, 0.4) is 0 Å². The van der Waals surface area contributed by atoms with Crippen LogP contribution < -0.4 is 11.5 Å². The fraction of sp³-hybridized carbons (Fsp3) is 1.00. The Balaban J connectivity index is 2.19. The van der Waals surface area contributed by atoms with Crippen molar-refractivity contribution in [3.63, 3.8) is 0 Å². The molecule has 0 amide bonds. The highest BCUT2D eigenvalue weighted by Crippen LogP contribution is 2.29. The number of nitrogens with two attached hydrogens (primary N) is 2. The van der Waals surface area contributed by atoms with Crippen molar-refractivity contribution in [2.24, 2.45) is 11.5 Å². The summed E-state index contributed by atoms with van der Waals surface area (Å²) < 4.78 is 0. The van der Waals surface area contributed by atoms with Crippen LogP contribution in [-0.2, 0) is 0 Å². The van der Waals surface area contributed by atoms with Crippen LogP contribution in [0.5, 0.6) is 0 Å². The standard InChI is InChI=1S/C12H26N2/c1-2-3-4-5-8-12(14)9-6-7-11(13)10-12/h11H,2-10,13-14H2,1H3. The lowest BCUT2D eigenvalue weighted by Gasteiger charge is -2.36. The predicted molar refractivity (Wildman–Crippen MR) is 62.1 cm³/mol. The number of rotatable bonds is 5. The third-order valence-corrected chi connectivity index (χ3v) is 3.45. The molecule has 1 saturated carbocycles. The van der Waals surface area contributed by atoms with E-state index in [1.807, 2.05) is 0 Å². The average Bonchev–Trinajstić information content (AvgIpc) is 2.12. The molecule has 0 aromatic rings. The lowest BCUT2D eigenvalue weighted by molar-refractivity contribution is 0.247. The van der Waals surface area contributed by atoms with Gasteiger partial charge in [-0.3, -0.25) is 0 Å². The van der Waals surface area contributed by atoms with Gasteiger partial charge in [0.2, 0.25) is 0 Å². The first-order valence-electron chi connectivity index (χ1n) is 6.21. The molecule has 0 radical (unpaired) electrons. The molecule has 1 fully saturated rings. The molecule has 0 saturated heterocycles. The van der Waals surface area contributed by atoms with Crippen molar-refractivity contribution in [2.75, 3.05) is 0 Å². The molecule has 0 spiro atoms. The van der Waals surface area contributed by atoms with Gasteiger partial charge in [-0.05, 0) is 25.7 Å². The van der Waals surface area contributed by atoms with E-state index in [0.717, 1.165) is 6.42 Å². The molecule has 14 heavy (non-hydrogen) atoms. The van der Waals surface area contributed by atoms with Crippen molar-refractivity contribution in [2.45, 2.75) is 76.3 Å². The Hall–Kier alpha value is -0.0800. The Kier molecular flexibility index (Phi) is 4.90. The van der Waals surface area contributed by atoms with Crippen LogP contribution in [0.1, 0.15) is 64.7 Å². The number of unbranched alkanes of at least 4 members (excludes halogenated alkanes) is 3. The fourth-order valence-corrected chi connectivity index (χ4v) is 2.57. The van der Waals surface area contributed by atoms with Gasteiger partial charge in [-0.25, -0.2) is 0 Å². The monoisotopic (exact) mass is 198 g/mol. The van der Waals surface area contributed by atoms with Gasteiger partial charge in [0.15, 0.2) is 0 Å². The van der Waals surface area contributed by atoms with E-state index in [1.54, 1.807) is 0 Å². The van der Waals surface area contributed by atoms with E-state index >= 15 is 0 Å². The topological polar surface area (TPSA) is 52.0 Å². The maximum Gasteiger partial charge on any atom is 0.0169 e. The van der Waals surface area contributed by atoms with Gasteiger partial charge in [-0.2, -0.15) is 0 Å². The molecule has 2 unspecified atom stereocenters. The summed E-state index contributed by atoms with van der Waals surface area (Å²) in [4.78, 5) is 0. The van der Waals surface area contributed by atoms with Crippen molar-refractivity contribution >= 4 is 0 Å². The summed E-state index contributed by atoms with van der Waals surface area (Å²) in [6.45, 7) is 2.24. The van der Waals surface area contributed by atoms with E-state index in [-0.39, 0.29) is 5.54 Å². The van der Waals surface area contributed by atoms with E-state index in [0.29, 0.717) is 6.04 Å². The summed E-state index contributed by atoms with van der Waals surface area (Å²) in [6.07, 6.45) is 11.1. The molecular weight excluding hydrogens is 172 g/mol. The summed E-state index contributed by atoms with van der Waals surface area (Å²) in [5.74, 6) is 0. The van der Waals surface area contributed by atoms with Crippen molar-refractivity contribution in [3.05, 3.63) is 0 Å². The first kappa shape index (κ1) is 12.0. The minimum Gasteiger partial charge on any atom is -0.328 e. The number of hydrogen-bond donors (Lipinski definition) is 2. The third-order valence-electron chi connectivity index (χ3n) is 3.45. The fourth-order valence-electron chi connectivity index (χ4n) is 2.57. The normalized spacial score (nSPS) is 33.2. The maximum absolute atomic E-state index is 6.35. The quantitative estimate of drug-likeness (QED) is 0.667. The third kappa shape index (κ3) is 3.97. The number of hydrogen-bond acceptors (Lipinski definition) is 2. The van der Waals surface area contributed by atoms with E-state index < -0.39 is 0 Å². The Morgan fingerprint density at radius 3 is 2.71 bits per heavy atom. The van der Waals surface area contributed by atoms with Crippen LogP contribution >= 0.6 is 0 Å². The van der Waals surface area contributed by atoms with Gasteiger partial charge in [-0.1, -0.05) is 39.0 Å². The minimum absolute atomic E-state index is 0.0748. The molecule has 2 atom stereocenters. The molecule has 4 N–H and O–H groups in total. The molecular formula is C12H26N2. The minimum atomic E-state index is 0.0748. The molecule has 0 aromatic heterocycles. The molecule has 0 bridgehead atoms. The lowest BCUT2D eigenvalue weighted by atomic mass is 9.77. The molecule has 1 rings (SSSR count). The summed E-state index contributed by atoms with van der Waals surface area (Å²) in [5.41, 5.74) is 12.4. The van der Waals surface area contributed by atoms with Gasteiger partial charge in [0.1, 0.15) is 0 Å². The van der Waals surface area contributed by atoms with Crippen molar-refractivity contribution < 1.29 is 0 Å². The second kappa shape index (κ2) is 5.72. The van der Waals surface area contributed by atoms with E-state index in [9.17, 15) is 0 Å². The zero-order valence-corrected chi connectivity index (χ0v) is 9.60.